The van der Waals surface area contributed by atoms with E-state index in [-0.39, 0.29) is 11.8 Å². The number of nitrogens with zero attached hydrogens (tertiary/aromatic N) is 1. The summed E-state index contributed by atoms with van der Waals surface area (Å²) >= 11 is 0. The van der Waals surface area contributed by atoms with Crippen molar-refractivity contribution in [1.29, 1.82) is 0 Å². The van der Waals surface area contributed by atoms with Gasteiger partial charge in [-0.25, -0.2) is 0 Å². The van der Waals surface area contributed by atoms with Crippen LogP contribution in [0.4, 0.5) is 5.69 Å². The lowest BCUT2D eigenvalue weighted by Crippen LogP contribution is -2.36. The lowest BCUT2D eigenvalue weighted by molar-refractivity contribution is -0.145. The Kier molecular flexibility index (Phi) is 3.12. The van der Waals surface area contributed by atoms with E-state index < -0.39 is 29.6 Å². The lowest BCUT2D eigenvalue weighted by Gasteiger charge is -2.27. The molecule has 21 heavy (non-hydrogen) atoms. The Balaban J connectivity index is 2.05. The molecule has 0 spiro atoms. The van der Waals surface area contributed by atoms with E-state index in [9.17, 15) is 19.5 Å². The molecular weight excluding hydrogens is 270 g/mol. The summed E-state index contributed by atoms with van der Waals surface area (Å²) in [5.41, 5.74) is 0.498. The Morgan fingerprint density at radius 1 is 1.05 bits per heavy atom. The van der Waals surface area contributed by atoms with Crippen LogP contribution in [0.5, 0.6) is 0 Å². The summed E-state index contributed by atoms with van der Waals surface area (Å²) in [6.45, 7) is 1.84. The van der Waals surface area contributed by atoms with Gasteiger partial charge in [0.1, 0.15) is 0 Å². The van der Waals surface area contributed by atoms with Gasteiger partial charge in [0.25, 0.3) is 0 Å². The molecule has 1 aliphatic carbocycles. The molecular formula is C16H15NO4. The van der Waals surface area contributed by atoms with Gasteiger partial charge < -0.3 is 5.11 Å². The molecule has 1 aromatic carbocycles. The maximum Gasteiger partial charge on any atom is 0.311 e. The second-order valence-electron chi connectivity index (χ2n) is 5.51. The predicted molar refractivity (Wildman–Crippen MR) is 75.3 cm³/mol. The van der Waals surface area contributed by atoms with E-state index in [1.54, 1.807) is 36.4 Å². The first-order valence-electron chi connectivity index (χ1n) is 6.86. The summed E-state index contributed by atoms with van der Waals surface area (Å²) in [6.07, 6.45) is 3.26. The van der Waals surface area contributed by atoms with Gasteiger partial charge in [-0.3, -0.25) is 19.3 Å². The quantitative estimate of drug-likeness (QED) is 0.663. The zero-order valence-electron chi connectivity index (χ0n) is 11.5. The molecule has 3 rings (SSSR count). The largest absolute Gasteiger partial charge is 0.481 e. The van der Waals surface area contributed by atoms with Crippen LogP contribution in [-0.2, 0) is 14.4 Å². The van der Waals surface area contributed by atoms with E-state index in [4.69, 9.17) is 0 Å². The second kappa shape index (κ2) is 4.84. The van der Waals surface area contributed by atoms with Crippen LogP contribution in [0.25, 0.3) is 0 Å². The van der Waals surface area contributed by atoms with Crippen molar-refractivity contribution in [3.63, 3.8) is 0 Å². The fraction of sp³-hybridized carbons (Fsp3) is 0.312. The zero-order chi connectivity index (χ0) is 15.1. The van der Waals surface area contributed by atoms with Crippen molar-refractivity contribution in [2.24, 2.45) is 23.7 Å². The van der Waals surface area contributed by atoms with Gasteiger partial charge in [-0.05, 0) is 18.1 Å². The van der Waals surface area contributed by atoms with E-state index in [0.29, 0.717) is 5.69 Å². The number of hydrogen-bond donors (Lipinski definition) is 1. The third-order valence-corrected chi connectivity index (χ3v) is 4.27. The van der Waals surface area contributed by atoms with Crippen LogP contribution in [0, 0.1) is 23.7 Å². The SMILES string of the molecule is C[C@H]1C=C[C@H](C(=O)O)[C@H]2C(=O)N(c3ccccc3)C(=O)[C@@H]21. The smallest absolute Gasteiger partial charge is 0.311 e. The number of anilines is 1. The van der Waals surface area contributed by atoms with E-state index in [2.05, 4.69) is 0 Å². The van der Waals surface area contributed by atoms with Gasteiger partial charge in [-0.15, -0.1) is 0 Å². The average Bonchev–Trinajstić information content (AvgIpc) is 2.73. The first kappa shape index (κ1) is 13.5. The standard InChI is InChI=1S/C16H15NO4/c1-9-7-8-11(16(20)21)13-12(9)14(18)17(15(13)19)10-5-3-2-4-6-10/h2-9,11-13H,1H3,(H,20,21)/t9-,11-,12+,13+/m0/s1. The monoisotopic (exact) mass is 285 g/mol. The number of fused-ring (bicyclic) bond motifs is 1. The minimum atomic E-state index is -1.07. The van der Waals surface area contributed by atoms with Gasteiger partial charge in [0.2, 0.25) is 11.8 Å². The number of carbonyl (C=O) groups is 3. The average molecular weight is 285 g/mol. The Hall–Kier alpha value is -2.43. The number of carboxylic acids is 1. The van der Waals surface area contributed by atoms with Crippen LogP contribution >= 0.6 is 0 Å². The highest BCUT2D eigenvalue weighted by molar-refractivity contribution is 6.23. The number of allylic oxidation sites excluding steroid dienone is 1. The van der Waals surface area contributed by atoms with E-state index in [1.165, 1.54) is 6.08 Å². The highest BCUT2D eigenvalue weighted by atomic mass is 16.4. The Morgan fingerprint density at radius 3 is 2.29 bits per heavy atom. The Labute approximate surface area is 121 Å². The number of aliphatic carboxylic acids is 1. The zero-order valence-corrected chi connectivity index (χ0v) is 11.5. The maximum atomic E-state index is 12.6. The molecule has 5 nitrogen and oxygen atoms in total. The summed E-state index contributed by atoms with van der Waals surface area (Å²) in [4.78, 5) is 37.7. The fourth-order valence-corrected chi connectivity index (χ4v) is 3.24. The highest BCUT2D eigenvalue weighted by Crippen LogP contribution is 2.43. The fourth-order valence-electron chi connectivity index (χ4n) is 3.24. The van der Waals surface area contributed by atoms with Crippen molar-refractivity contribution in [3.05, 3.63) is 42.5 Å². The number of carboxylic acid groups (broad SMARTS) is 1. The topological polar surface area (TPSA) is 74.7 Å². The first-order chi connectivity index (χ1) is 10.0. The molecule has 1 heterocycles. The third-order valence-electron chi connectivity index (χ3n) is 4.27. The minimum absolute atomic E-state index is 0.143. The molecule has 0 aromatic heterocycles. The van der Waals surface area contributed by atoms with Crippen LogP contribution in [0.3, 0.4) is 0 Å². The lowest BCUT2D eigenvalue weighted by atomic mass is 9.72. The van der Waals surface area contributed by atoms with Gasteiger partial charge in [0, 0.05) is 0 Å². The minimum Gasteiger partial charge on any atom is -0.481 e. The Morgan fingerprint density at radius 2 is 1.67 bits per heavy atom. The number of amides is 2. The number of rotatable bonds is 2. The van der Waals surface area contributed by atoms with Crippen molar-refractivity contribution < 1.29 is 19.5 Å². The van der Waals surface area contributed by atoms with Crippen molar-refractivity contribution in [2.75, 3.05) is 4.90 Å². The number of carbonyl (C=O) groups excluding carboxylic acids is 2. The number of hydrogen-bond acceptors (Lipinski definition) is 3. The summed E-state index contributed by atoms with van der Waals surface area (Å²) in [5, 5.41) is 9.30. The highest BCUT2D eigenvalue weighted by Gasteiger charge is 2.55. The molecule has 4 atom stereocenters. The van der Waals surface area contributed by atoms with Crippen LogP contribution in [0.15, 0.2) is 42.5 Å². The number of imide groups is 1. The molecule has 1 N–H and O–H groups in total. The van der Waals surface area contributed by atoms with Crippen molar-refractivity contribution in [3.8, 4) is 0 Å². The van der Waals surface area contributed by atoms with Gasteiger partial charge in [0.05, 0.1) is 23.4 Å². The summed E-state index contributed by atoms with van der Waals surface area (Å²) in [7, 11) is 0. The maximum absolute atomic E-state index is 12.6. The van der Waals surface area contributed by atoms with Crippen LogP contribution in [0.2, 0.25) is 0 Å². The van der Waals surface area contributed by atoms with Crippen molar-refractivity contribution in [1.82, 2.24) is 0 Å². The second-order valence-corrected chi connectivity index (χ2v) is 5.51. The summed E-state index contributed by atoms with van der Waals surface area (Å²) in [5.74, 6) is -4.27. The van der Waals surface area contributed by atoms with E-state index >= 15 is 0 Å². The van der Waals surface area contributed by atoms with Crippen LogP contribution in [0.1, 0.15) is 6.92 Å². The normalized spacial score (nSPS) is 31.4. The number of para-hydroxylation sites is 1. The van der Waals surface area contributed by atoms with Gasteiger partial charge in [-0.1, -0.05) is 37.3 Å². The molecule has 1 aromatic rings. The molecule has 0 unspecified atom stereocenters. The molecule has 2 amide bonds. The van der Waals surface area contributed by atoms with Crippen LogP contribution in [-0.4, -0.2) is 22.9 Å². The molecule has 1 aliphatic heterocycles. The predicted octanol–water partition coefficient (Wildman–Crippen LogP) is 1.70. The van der Waals surface area contributed by atoms with Crippen molar-refractivity contribution >= 4 is 23.5 Å². The summed E-state index contributed by atoms with van der Waals surface area (Å²) < 4.78 is 0. The van der Waals surface area contributed by atoms with Gasteiger partial charge >= 0.3 is 5.97 Å². The van der Waals surface area contributed by atoms with E-state index in [0.717, 1.165) is 4.90 Å². The van der Waals surface area contributed by atoms with E-state index in [1.807, 2.05) is 6.92 Å². The number of benzene rings is 1. The van der Waals surface area contributed by atoms with Crippen LogP contribution < -0.4 is 4.90 Å². The summed E-state index contributed by atoms with van der Waals surface area (Å²) in [6, 6.07) is 8.65. The molecule has 108 valence electrons. The first-order valence-corrected chi connectivity index (χ1v) is 6.86. The molecule has 1 saturated heterocycles. The molecule has 0 saturated carbocycles. The van der Waals surface area contributed by atoms with Gasteiger partial charge in [-0.2, -0.15) is 0 Å². The molecule has 0 radical (unpaired) electrons. The molecule has 0 bridgehead atoms. The molecule has 2 aliphatic rings. The molecule has 5 heteroatoms. The van der Waals surface area contributed by atoms with Crippen molar-refractivity contribution in [2.45, 2.75) is 6.92 Å². The Bertz CT molecular complexity index is 637. The molecule has 1 fully saturated rings. The van der Waals surface area contributed by atoms with Gasteiger partial charge in [0.15, 0.2) is 0 Å². The third kappa shape index (κ3) is 1.96.